The van der Waals surface area contributed by atoms with E-state index in [9.17, 15) is 0 Å². The third-order valence-electron chi connectivity index (χ3n) is 3.41. The van der Waals surface area contributed by atoms with Gasteiger partial charge < -0.3 is 10.1 Å². The second kappa shape index (κ2) is 6.48. The monoisotopic (exact) mass is 381 g/mol. The molecule has 1 N–H and O–H groups in total. The zero-order valence-corrected chi connectivity index (χ0v) is 14.5. The summed E-state index contributed by atoms with van der Waals surface area (Å²) in [4.78, 5) is 0. The molecule has 2 aromatic rings. The lowest BCUT2D eigenvalue weighted by molar-refractivity contribution is 0.408. The van der Waals surface area contributed by atoms with E-state index in [2.05, 4.69) is 79.0 Å². The minimum Gasteiger partial charge on any atom is -0.496 e. The topological polar surface area (TPSA) is 21.3 Å². The van der Waals surface area contributed by atoms with Gasteiger partial charge in [0.2, 0.25) is 0 Å². The molecule has 2 rings (SSSR count). The third-order valence-corrected chi connectivity index (χ3v) is 4.08. The van der Waals surface area contributed by atoms with Gasteiger partial charge in [-0.2, -0.15) is 0 Å². The van der Waals surface area contributed by atoms with Gasteiger partial charge >= 0.3 is 0 Å². The smallest absolute Gasteiger partial charge is 0.124 e. The van der Waals surface area contributed by atoms with E-state index < -0.39 is 0 Å². The summed E-state index contributed by atoms with van der Waals surface area (Å²) >= 11 is 2.34. The maximum absolute atomic E-state index is 5.47. The van der Waals surface area contributed by atoms with Gasteiger partial charge in [0.15, 0.2) is 0 Å². The molecule has 0 aliphatic rings. The first-order chi connectivity index (χ1) is 9.51. The van der Waals surface area contributed by atoms with Crippen molar-refractivity contribution < 1.29 is 4.74 Å². The van der Waals surface area contributed by atoms with Crippen LogP contribution in [0.15, 0.2) is 36.4 Å². The van der Waals surface area contributed by atoms with E-state index in [0.717, 1.165) is 5.75 Å². The maximum atomic E-state index is 5.47. The largest absolute Gasteiger partial charge is 0.496 e. The predicted octanol–water partition coefficient (Wildman–Crippen LogP) is 5.09. The van der Waals surface area contributed by atoms with Crippen LogP contribution in [0.1, 0.15) is 29.7 Å². The van der Waals surface area contributed by atoms with Crippen LogP contribution >= 0.6 is 22.6 Å². The number of anilines is 1. The molecule has 0 aromatic heterocycles. The number of methoxy groups -OCH3 is 1. The molecule has 0 aliphatic carbocycles. The fourth-order valence-corrected chi connectivity index (χ4v) is 2.94. The van der Waals surface area contributed by atoms with Crippen molar-refractivity contribution in [2.24, 2.45) is 0 Å². The fraction of sp³-hybridized carbons (Fsp3) is 0.294. The number of aryl methyl sites for hydroxylation is 2. The van der Waals surface area contributed by atoms with Gasteiger partial charge in [0.25, 0.3) is 0 Å². The van der Waals surface area contributed by atoms with Crippen LogP contribution in [-0.4, -0.2) is 7.11 Å². The van der Waals surface area contributed by atoms with Crippen molar-refractivity contribution in [1.82, 2.24) is 0 Å². The quantitative estimate of drug-likeness (QED) is 0.745. The molecule has 0 aliphatic heterocycles. The van der Waals surface area contributed by atoms with Gasteiger partial charge in [-0.1, -0.05) is 17.7 Å². The van der Waals surface area contributed by atoms with Crippen LogP contribution in [0.5, 0.6) is 5.75 Å². The van der Waals surface area contributed by atoms with E-state index in [1.165, 1.54) is 25.9 Å². The van der Waals surface area contributed by atoms with Crippen molar-refractivity contribution in [3.05, 3.63) is 56.7 Å². The second-order valence-electron chi connectivity index (χ2n) is 5.07. The normalized spacial score (nSPS) is 12.1. The van der Waals surface area contributed by atoms with Gasteiger partial charge in [-0.15, -0.1) is 0 Å². The summed E-state index contributed by atoms with van der Waals surface area (Å²) in [5.41, 5.74) is 4.86. The Bertz CT molecular complexity index is 610. The summed E-state index contributed by atoms with van der Waals surface area (Å²) in [5, 5.41) is 3.57. The van der Waals surface area contributed by atoms with Crippen LogP contribution in [0.2, 0.25) is 0 Å². The summed E-state index contributed by atoms with van der Waals surface area (Å²) in [5.74, 6) is 0.929. The lowest BCUT2D eigenvalue weighted by atomic mass is 10.0. The molecule has 3 heteroatoms. The van der Waals surface area contributed by atoms with Crippen molar-refractivity contribution in [2.75, 3.05) is 12.4 Å². The maximum Gasteiger partial charge on any atom is 0.124 e. The number of nitrogens with one attached hydrogen (secondary N) is 1. The lowest BCUT2D eigenvalue weighted by Crippen LogP contribution is -2.09. The molecule has 0 amide bonds. The third kappa shape index (κ3) is 3.45. The Morgan fingerprint density at radius 3 is 2.50 bits per heavy atom. The van der Waals surface area contributed by atoms with Gasteiger partial charge in [-0.3, -0.25) is 0 Å². The van der Waals surface area contributed by atoms with Crippen molar-refractivity contribution in [3.8, 4) is 5.75 Å². The summed E-state index contributed by atoms with van der Waals surface area (Å²) in [7, 11) is 1.72. The average Bonchev–Trinajstić information content (AvgIpc) is 2.41. The zero-order chi connectivity index (χ0) is 14.7. The second-order valence-corrected chi connectivity index (χ2v) is 6.32. The molecule has 2 aromatic carbocycles. The van der Waals surface area contributed by atoms with E-state index in [4.69, 9.17) is 4.74 Å². The first kappa shape index (κ1) is 15.2. The van der Waals surface area contributed by atoms with Gasteiger partial charge in [0.1, 0.15) is 5.75 Å². The number of benzene rings is 2. The van der Waals surface area contributed by atoms with Crippen molar-refractivity contribution in [2.45, 2.75) is 26.8 Å². The zero-order valence-electron chi connectivity index (χ0n) is 12.3. The molecule has 0 spiro atoms. The lowest BCUT2D eigenvalue weighted by Gasteiger charge is -2.20. The van der Waals surface area contributed by atoms with Crippen LogP contribution in [0.3, 0.4) is 0 Å². The first-order valence-corrected chi connectivity index (χ1v) is 7.76. The number of rotatable bonds is 4. The Hall–Kier alpha value is -1.23. The molecule has 1 atom stereocenters. The van der Waals surface area contributed by atoms with Crippen LogP contribution in [0.4, 0.5) is 5.69 Å². The fourth-order valence-electron chi connectivity index (χ4n) is 2.29. The molecule has 0 bridgehead atoms. The van der Waals surface area contributed by atoms with Crippen LogP contribution in [0.25, 0.3) is 0 Å². The van der Waals surface area contributed by atoms with Crippen molar-refractivity contribution in [1.29, 1.82) is 0 Å². The first-order valence-electron chi connectivity index (χ1n) is 6.68. The Morgan fingerprint density at radius 1 is 1.10 bits per heavy atom. The predicted molar refractivity (Wildman–Crippen MR) is 93.7 cm³/mol. The van der Waals surface area contributed by atoms with Gasteiger partial charge in [0.05, 0.1) is 13.2 Å². The van der Waals surface area contributed by atoms with E-state index in [1.807, 2.05) is 6.07 Å². The molecule has 0 saturated carbocycles. The molecule has 0 radical (unpaired) electrons. The highest BCUT2D eigenvalue weighted by molar-refractivity contribution is 14.1. The van der Waals surface area contributed by atoms with E-state index in [0.29, 0.717) is 0 Å². The minimum absolute atomic E-state index is 0.198. The molecule has 20 heavy (non-hydrogen) atoms. The van der Waals surface area contributed by atoms with Crippen molar-refractivity contribution in [3.63, 3.8) is 0 Å². The van der Waals surface area contributed by atoms with E-state index in [-0.39, 0.29) is 6.04 Å². The molecular formula is C17H20INO. The molecule has 0 saturated heterocycles. The van der Waals surface area contributed by atoms with Crippen LogP contribution in [0, 0.1) is 17.4 Å². The number of halogens is 1. The van der Waals surface area contributed by atoms with E-state index in [1.54, 1.807) is 7.11 Å². The number of hydrogen-bond acceptors (Lipinski definition) is 2. The Balaban J connectivity index is 2.27. The van der Waals surface area contributed by atoms with Crippen molar-refractivity contribution >= 4 is 28.3 Å². The summed E-state index contributed by atoms with van der Waals surface area (Å²) in [6.45, 7) is 6.39. The van der Waals surface area contributed by atoms with E-state index >= 15 is 0 Å². The standard InChI is InChI=1S/C17H20INO/c1-11-5-8-17(20-4)15(9-11)13(3)19-16-7-6-14(18)10-12(16)2/h5-10,13,19H,1-4H3. The highest BCUT2D eigenvalue weighted by Crippen LogP contribution is 2.30. The van der Waals surface area contributed by atoms with Gasteiger partial charge in [-0.25, -0.2) is 0 Å². The molecule has 106 valence electrons. The molecule has 2 nitrogen and oxygen atoms in total. The Kier molecular flexibility index (Phi) is 4.91. The summed E-state index contributed by atoms with van der Waals surface area (Å²) in [6, 6.07) is 12.9. The SMILES string of the molecule is COc1ccc(C)cc1C(C)Nc1ccc(I)cc1C. The number of hydrogen-bond donors (Lipinski definition) is 1. The minimum atomic E-state index is 0.198. The summed E-state index contributed by atoms with van der Waals surface area (Å²) in [6.07, 6.45) is 0. The molecule has 0 fully saturated rings. The highest BCUT2D eigenvalue weighted by Gasteiger charge is 2.12. The number of ether oxygens (including phenoxy) is 1. The Labute approximate surface area is 134 Å². The summed E-state index contributed by atoms with van der Waals surface area (Å²) < 4.78 is 6.72. The average molecular weight is 381 g/mol. The van der Waals surface area contributed by atoms with Gasteiger partial charge in [-0.05, 0) is 73.2 Å². The Morgan fingerprint density at radius 2 is 1.85 bits per heavy atom. The van der Waals surface area contributed by atoms with Crippen LogP contribution in [-0.2, 0) is 0 Å². The highest BCUT2D eigenvalue weighted by atomic mass is 127. The molecular weight excluding hydrogens is 361 g/mol. The van der Waals surface area contributed by atoms with Gasteiger partial charge in [0, 0.05) is 14.8 Å². The molecule has 1 unspecified atom stereocenters. The van der Waals surface area contributed by atoms with Crippen LogP contribution < -0.4 is 10.1 Å². The molecule has 0 heterocycles.